The van der Waals surface area contributed by atoms with Crippen LogP contribution in [-0.2, 0) is 19.7 Å². The Kier molecular flexibility index (Phi) is 5.94. The van der Waals surface area contributed by atoms with Crippen molar-refractivity contribution in [1.82, 2.24) is 5.32 Å². The van der Waals surface area contributed by atoms with Crippen molar-refractivity contribution in [1.29, 1.82) is 5.26 Å². The molecule has 174 valence electrons. The van der Waals surface area contributed by atoms with Crippen LogP contribution in [0.2, 0.25) is 0 Å². The van der Waals surface area contributed by atoms with Crippen molar-refractivity contribution in [3.8, 4) is 17.6 Å². The smallest absolute Gasteiger partial charge is 0.414 e. The molecule has 1 aliphatic carbocycles. The van der Waals surface area contributed by atoms with E-state index in [1.54, 1.807) is 25.1 Å². The van der Waals surface area contributed by atoms with Gasteiger partial charge in [0.15, 0.2) is 0 Å². The second-order valence-corrected chi connectivity index (χ2v) is 8.14. The summed E-state index contributed by atoms with van der Waals surface area (Å²) in [5.74, 6) is 0.363. The van der Waals surface area contributed by atoms with Crippen molar-refractivity contribution in [3.05, 3.63) is 47.0 Å². The summed E-state index contributed by atoms with van der Waals surface area (Å²) in [6.45, 7) is 5.40. The summed E-state index contributed by atoms with van der Waals surface area (Å²) in [7, 11) is 0. The number of rotatable bonds is 6. The molecule has 0 aromatic heterocycles. The number of hydrogen-bond acceptors (Lipinski definition) is 8. The summed E-state index contributed by atoms with van der Waals surface area (Å²) in [5, 5.41) is 17.8. The fraction of sp³-hybridized carbons (Fsp3) is 0.292. The Hall–Kier alpha value is -4.39. The molecule has 10 heteroatoms. The van der Waals surface area contributed by atoms with E-state index in [9.17, 15) is 19.6 Å². The monoisotopic (exact) mass is 461 g/mol. The van der Waals surface area contributed by atoms with Crippen LogP contribution < -0.4 is 20.8 Å². The first kappa shape index (κ1) is 22.8. The number of nitrogens with zero attached hydrogens (tertiary/aromatic N) is 2. The highest BCUT2D eigenvalue weighted by Crippen LogP contribution is 2.56. The summed E-state index contributed by atoms with van der Waals surface area (Å²) in [6.07, 6.45) is 0.732. The maximum Gasteiger partial charge on any atom is 0.414 e. The van der Waals surface area contributed by atoms with Crippen LogP contribution in [0, 0.1) is 25.2 Å². The van der Waals surface area contributed by atoms with Crippen molar-refractivity contribution in [2.75, 3.05) is 17.3 Å². The van der Waals surface area contributed by atoms with Crippen LogP contribution in [0.5, 0.6) is 11.5 Å². The highest BCUT2D eigenvalue weighted by molar-refractivity contribution is 6.46. The number of nitriles is 1. The van der Waals surface area contributed by atoms with Crippen molar-refractivity contribution < 1.29 is 23.9 Å². The molecule has 1 fully saturated rings. The van der Waals surface area contributed by atoms with Gasteiger partial charge >= 0.3 is 6.09 Å². The normalized spacial score (nSPS) is 15.1. The first-order chi connectivity index (χ1) is 16.3. The van der Waals surface area contributed by atoms with Gasteiger partial charge in [0, 0.05) is 5.69 Å². The second-order valence-electron chi connectivity index (χ2n) is 8.14. The molecule has 2 aromatic rings. The number of fused-ring (bicyclic) bond motifs is 2. The molecular formula is C24H23N5O5. The minimum Gasteiger partial charge on any atom is -0.457 e. The Labute approximate surface area is 195 Å². The van der Waals surface area contributed by atoms with Gasteiger partial charge in [-0.05, 0) is 80.6 Å². The van der Waals surface area contributed by atoms with Crippen LogP contribution in [0.1, 0.15) is 36.5 Å². The Balaban J connectivity index is 1.49. The number of nitrogens with one attached hydrogen (secondary N) is 3. The number of amides is 3. The van der Waals surface area contributed by atoms with Crippen molar-refractivity contribution in [2.45, 2.75) is 39.0 Å². The molecule has 10 nitrogen and oxygen atoms in total. The van der Waals surface area contributed by atoms with E-state index in [0.717, 1.165) is 35.2 Å². The Bertz CT molecular complexity index is 1250. The van der Waals surface area contributed by atoms with Crippen LogP contribution in [0.4, 0.5) is 16.2 Å². The fourth-order valence-electron chi connectivity index (χ4n) is 3.94. The molecule has 0 unspecified atom stereocenters. The quantitative estimate of drug-likeness (QED) is 0.440. The zero-order valence-electron chi connectivity index (χ0n) is 18.9. The Morgan fingerprint density at radius 1 is 1.21 bits per heavy atom. The SMILES string of the molecule is CCOC(=O)NC(=O)C(C#N)=NNc1cc(C)c(Oc2ccc3c(c2)C2(CC2)C(=O)N3)c(C)c1. The number of alkyl carbamates (subject to hydrolysis) is 1. The lowest BCUT2D eigenvalue weighted by Crippen LogP contribution is -2.36. The van der Waals surface area contributed by atoms with Gasteiger partial charge < -0.3 is 14.8 Å². The van der Waals surface area contributed by atoms with Crippen LogP contribution in [-0.4, -0.2) is 30.2 Å². The summed E-state index contributed by atoms with van der Waals surface area (Å²) in [6, 6.07) is 10.7. The molecule has 2 aromatic carbocycles. The van der Waals surface area contributed by atoms with E-state index in [4.69, 9.17) is 4.74 Å². The molecule has 3 N–H and O–H groups in total. The van der Waals surface area contributed by atoms with Gasteiger partial charge in [-0.2, -0.15) is 10.4 Å². The number of anilines is 2. The van der Waals surface area contributed by atoms with Gasteiger partial charge in [0.25, 0.3) is 5.91 Å². The fourth-order valence-corrected chi connectivity index (χ4v) is 3.94. The molecule has 1 heterocycles. The Morgan fingerprint density at radius 3 is 2.53 bits per heavy atom. The number of hydrazone groups is 1. The van der Waals surface area contributed by atoms with Crippen molar-refractivity contribution >= 4 is 35.0 Å². The zero-order chi connectivity index (χ0) is 24.5. The van der Waals surface area contributed by atoms with E-state index in [-0.39, 0.29) is 12.5 Å². The molecule has 2 aliphatic rings. The predicted octanol–water partition coefficient (Wildman–Crippen LogP) is 3.64. The molecule has 0 bridgehead atoms. The molecule has 1 aliphatic heterocycles. The van der Waals surface area contributed by atoms with E-state index in [2.05, 4.69) is 20.6 Å². The molecule has 1 spiro atoms. The van der Waals surface area contributed by atoms with Gasteiger partial charge in [-0.25, -0.2) is 4.79 Å². The van der Waals surface area contributed by atoms with E-state index in [1.165, 1.54) is 0 Å². The zero-order valence-corrected chi connectivity index (χ0v) is 18.9. The summed E-state index contributed by atoms with van der Waals surface area (Å²) >= 11 is 0. The van der Waals surface area contributed by atoms with Crippen molar-refractivity contribution in [3.63, 3.8) is 0 Å². The molecule has 34 heavy (non-hydrogen) atoms. The molecule has 4 rings (SSSR count). The third-order valence-corrected chi connectivity index (χ3v) is 5.73. The van der Waals surface area contributed by atoms with E-state index in [1.807, 2.05) is 37.4 Å². The van der Waals surface area contributed by atoms with E-state index in [0.29, 0.717) is 17.2 Å². The lowest BCUT2D eigenvalue weighted by molar-refractivity contribution is -0.118. The number of carbonyl (C=O) groups excluding carboxylic acids is 3. The summed E-state index contributed by atoms with van der Waals surface area (Å²) in [4.78, 5) is 35.6. The summed E-state index contributed by atoms with van der Waals surface area (Å²) in [5.41, 5.74) is 5.66. The minimum atomic E-state index is -0.972. The average Bonchev–Trinajstić information content (AvgIpc) is 3.54. The third-order valence-electron chi connectivity index (χ3n) is 5.73. The first-order valence-electron chi connectivity index (χ1n) is 10.7. The highest BCUT2D eigenvalue weighted by Gasteiger charge is 2.56. The maximum atomic E-state index is 12.2. The Morgan fingerprint density at radius 2 is 1.91 bits per heavy atom. The van der Waals surface area contributed by atoms with Crippen molar-refractivity contribution in [2.24, 2.45) is 5.10 Å². The molecule has 0 atom stereocenters. The highest BCUT2D eigenvalue weighted by atomic mass is 16.5. The van der Waals surface area contributed by atoms with Gasteiger partial charge in [-0.1, -0.05) is 0 Å². The predicted molar refractivity (Wildman–Crippen MR) is 124 cm³/mol. The standard InChI is InChI=1S/C24H23N5O5/c1-4-33-23(32)27-21(30)19(12-25)29-28-15-9-13(2)20(14(3)10-15)34-16-5-6-18-17(11-16)24(7-8-24)22(31)26-18/h5-6,9-11,28H,4,7-8H2,1-3H3,(H,26,31)(H,27,30,32). The number of ether oxygens (including phenoxy) is 2. The maximum absolute atomic E-state index is 12.2. The molecule has 0 saturated heterocycles. The number of aryl methyl sites for hydroxylation is 2. The van der Waals surface area contributed by atoms with Gasteiger partial charge in [0.1, 0.15) is 17.6 Å². The van der Waals surface area contributed by atoms with Crippen LogP contribution in [0.25, 0.3) is 0 Å². The molecular weight excluding hydrogens is 438 g/mol. The number of carbonyl (C=O) groups is 3. The third kappa shape index (κ3) is 4.28. The van der Waals surface area contributed by atoms with E-state index >= 15 is 0 Å². The van der Waals surface area contributed by atoms with Crippen LogP contribution in [0.3, 0.4) is 0 Å². The van der Waals surface area contributed by atoms with Crippen LogP contribution >= 0.6 is 0 Å². The number of benzene rings is 2. The lowest BCUT2D eigenvalue weighted by atomic mass is 9.98. The van der Waals surface area contributed by atoms with Crippen LogP contribution in [0.15, 0.2) is 35.4 Å². The topological polar surface area (TPSA) is 142 Å². The summed E-state index contributed by atoms with van der Waals surface area (Å²) < 4.78 is 10.8. The first-order valence-corrected chi connectivity index (χ1v) is 10.7. The second kappa shape index (κ2) is 8.86. The average molecular weight is 461 g/mol. The van der Waals surface area contributed by atoms with Gasteiger partial charge in [0.05, 0.1) is 17.7 Å². The van der Waals surface area contributed by atoms with Gasteiger partial charge in [-0.15, -0.1) is 0 Å². The van der Waals surface area contributed by atoms with E-state index < -0.39 is 23.1 Å². The lowest BCUT2D eigenvalue weighted by Gasteiger charge is -2.15. The molecule has 1 saturated carbocycles. The minimum absolute atomic E-state index is 0.0515. The number of imide groups is 1. The molecule has 0 radical (unpaired) electrons. The van der Waals surface area contributed by atoms with Gasteiger partial charge in [0.2, 0.25) is 11.6 Å². The van der Waals surface area contributed by atoms with Gasteiger partial charge in [-0.3, -0.25) is 20.3 Å². The number of hydrogen-bond donors (Lipinski definition) is 3. The largest absolute Gasteiger partial charge is 0.457 e. The molecule has 3 amide bonds.